The zero-order valence-corrected chi connectivity index (χ0v) is 15.1. The first-order valence-electron chi connectivity index (χ1n) is 7.99. The third-order valence-electron chi connectivity index (χ3n) is 5.60. The SMILES string of the molecule is C[C@@H](CB1OC(C)(C)C(C)(C)O1)B1OC(C)(C)C(C)(C)O1. The van der Waals surface area contributed by atoms with E-state index in [4.69, 9.17) is 18.6 Å². The first kappa shape index (κ1) is 17.3. The van der Waals surface area contributed by atoms with Crippen molar-refractivity contribution in [2.24, 2.45) is 0 Å². The second-order valence-electron chi connectivity index (χ2n) is 8.52. The van der Waals surface area contributed by atoms with Gasteiger partial charge in [0.25, 0.3) is 0 Å². The Bertz CT molecular complexity index is 374. The minimum absolute atomic E-state index is 0.205. The van der Waals surface area contributed by atoms with E-state index in [0.717, 1.165) is 6.32 Å². The van der Waals surface area contributed by atoms with Crippen LogP contribution in [0.5, 0.6) is 0 Å². The first-order chi connectivity index (χ1) is 9.27. The minimum Gasteiger partial charge on any atom is -0.403 e. The third kappa shape index (κ3) is 3.05. The molecule has 1 atom stereocenters. The zero-order chi connectivity index (χ0) is 16.3. The molecule has 4 nitrogen and oxygen atoms in total. The van der Waals surface area contributed by atoms with Crippen molar-refractivity contribution < 1.29 is 18.6 Å². The monoisotopic (exact) mass is 296 g/mol. The minimum atomic E-state index is -0.290. The fraction of sp³-hybridized carbons (Fsp3) is 1.00. The van der Waals surface area contributed by atoms with Gasteiger partial charge >= 0.3 is 14.2 Å². The molecule has 0 aromatic carbocycles. The summed E-state index contributed by atoms with van der Waals surface area (Å²) in [6.45, 7) is 18.7. The summed E-state index contributed by atoms with van der Waals surface area (Å²) in [6, 6.07) is 0. The van der Waals surface area contributed by atoms with E-state index in [9.17, 15) is 0 Å². The summed E-state index contributed by atoms with van der Waals surface area (Å²) in [7, 11) is -0.418. The van der Waals surface area contributed by atoms with E-state index in [2.05, 4.69) is 62.3 Å². The largest absolute Gasteiger partial charge is 0.460 e. The highest BCUT2D eigenvalue weighted by molar-refractivity contribution is 6.53. The van der Waals surface area contributed by atoms with Gasteiger partial charge in [0, 0.05) is 0 Å². The van der Waals surface area contributed by atoms with Gasteiger partial charge in [0.15, 0.2) is 0 Å². The van der Waals surface area contributed by atoms with Crippen LogP contribution in [0.1, 0.15) is 62.3 Å². The maximum atomic E-state index is 6.11. The Morgan fingerprint density at radius 1 is 0.667 bits per heavy atom. The van der Waals surface area contributed by atoms with E-state index in [1.54, 1.807) is 0 Å². The van der Waals surface area contributed by atoms with Crippen molar-refractivity contribution in [2.45, 2.75) is 96.9 Å². The van der Waals surface area contributed by atoms with Crippen LogP contribution in [0.2, 0.25) is 12.1 Å². The molecule has 2 aliphatic rings. The van der Waals surface area contributed by atoms with Gasteiger partial charge in [-0.15, -0.1) is 0 Å². The number of hydrogen-bond acceptors (Lipinski definition) is 4. The second-order valence-corrected chi connectivity index (χ2v) is 8.52. The van der Waals surface area contributed by atoms with Crippen LogP contribution in [0, 0.1) is 0 Å². The summed E-state index contributed by atoms with van der Waals surface area (Å²) >= 11 is 0. The highest BCUT2D eigenvalue weighted by atomic mass is 16.7. The fourth-order valence-corrected chi connectivity index (χ4v) is 2.60. The molecule has 0 radical (unpaired) electrons. The third-order valence-corrected chi connectivity index (χ3v) is 5.60. The lowest BCUT2D eigenvalue weighted by Gasteiger charge is -2.32. The van der Waals surface area contributed by atoms with Gasteiger partial charge in [-0.1, -0.05) is 6.92 Å². The zero-order valence-electron chi connectivity index (χ0n) is 15.1. The molecule has 0 unspecified atom stereocenters. The van der Waals surface area contributed by atoms with E-state index in [-0.39, 0.29) is 42.5 Å². The summed E-state index contributed by atoms with van der Waals surface area (Å²) in [5.74, 6) is 0.209. The summed E-state index contributed by atoms with van der Waals surface area (Å²) in [6.07, 6.45) is 0.768. The highest BCUT2D eigenvalue weighted by Crippen LogP contribution is 2.43. The quantitative estimate of drug-likeness (QED) is 0.746. The van der Waals surface area contributed by atoms with Crippen molar-refractivity contribution in [3.63, 3.8) is 0 Å². The van der Waals surface area contributed by atoms with Gasteiger partial charge in [-0.05, 0) is 67.5 Å². The molecule has 0 aromatic heterocycles. The van der Waals surface area contributed by atoms with Crippen molar-refractivity contribution in [3.05, 3.63) is 0 Å². The number of hydrogen-bond donors (Lipinski definition) is 0. The molecule has 0 N–H and O–H groups in total. The molecule has 0 bridgehead atoms. The van der Waals surface area contributed by atoms with Gasteiger partial charge in [-0.2, -0.15) is 0 Å². The highest BCUT2D eigenvalue weighted by Gasteiger charge is 2.56. The van der Waals surface area contributed by atoms with Gasteiger partial charge < -0.3 is 18.6 Å². The van der Waals surface area contributed by atoms with Gasteiger partial charge in [-0.25, -0.2) is 0 Å². The first-order valence-corrected chi connectivity index (χ1v) is 7.99. The van der Waals surface area contributed by atoms with Crippen molar-refractivity contribution in [2.75, 3.05) is 0 Å². The van der Waals surface area contributed by atoms with Crippen molar-refractivity contribution in [1.82, 2.24) is 0 Å². The van der Waals surface area contributed by atoms with E-state index in [1.165, 1.54) is 0 Å². The van der Waals surface area contributed by atoms with Gasteiger partial charge in [-0.3, -0.25) is 0 Å². The molecular weight excluding hydrogens is 266 g/mol. The van der Waals surface area contributed by atoms with Crippen LogP contribution in [-0.2, 0) is 18.6 Å². The molecule has 6 heteroatoms. The van der Waals surface area contributed by atoms with Crippen LogP contribution in [0.3, 0.4) is 0 Å². The summed E-state index contributed by atoms with van der Waals surface area (Å²) in [5.41, 5.74) is -1.15. The Labute approximate surface area is 130 Å². The van der Waals surface area contributed by atoms with Gasteiger partial charge in [0.05, 0.1) is 22.4 Å². The lowest BCUT2D eigenvalue weighted by Crippen LogP contribution is -2.41. The van der Waals surface area contributed by atoms with Gasteiger partial charge in [0.2, 0.25) is 0 Å². The van der Waals surface area contributed by atoms with Crippen LogP contribution in [0.25, 0.3) is 0 Å². The molecule has 2 fully saturated rings. The average Bonchev–Trinajstić information content (AvgIpc) is 2.57. The maximum Gasteiger partial charge on any atom is 0.460 e. The van der Waals surface area contributed by atoms with E-state index in [0.29, 0.717) is 0 Å². The van der Waals surface area contributed by atoms with E-state index < -0.39 is 0 Å². The lowest BCUT2D eigenvalue weighted by molar-refractivity contribution is 0.00578. The molecule has 21 heavy (non-hydrogen) atoms. The van der Waals surface area contributed by atoms with Crippen LogP contribution < -0.4 is 0 Å². The normalized spacial score (nSPS) is 30.7. The molecule has 2 saturated heterocycles. The maximum absolute atomic E-state index is 6.11. The lowest BCUT2D eigenvalue weighted by atomic mass is 9.62. The van der Waals surface area contributed by atoms with Crippen molar-refractivity contribution in [3.8, 4) is 0 Å². The van der Waals surface area contributed by atoms with Crippen LogP contribution in [0.4, 0.5) is 0 Å². The Morgan fingerprint density at radius 2 is 1.00 bits per heavy atom. The predicted molar refractivity (Wildman–Crippen MR) is 86.4 cm³/mol. The van der Waals surface area contributed by atoms with Crippen molar-refractivity contribution >= 4 is 14.2 Å². The molecule has 0 amide bonds. The summed E-state index contributed by atoms with van der Waals surface area (Å²) < 4.78 is 24.3. The molecule has 120 valence electrons. The number of rotatable bonds is 3. The van der Waals surface area contributed by atoms with Gasteiger partial charge in [0.1, 0.15) is 0 Å². The smallest absolute Gasteiger partial charge is 0.403 e. The Kier molecular flexibility index (Phi) is 4.11. The Morgan fingerprint density at radius 3 is 1.38 bits per heavy atom. The molecule has 2 heterocycles. The van der Waals surface area contributed by atoms with Crippen molar-refractivity contribution in [1.29, 1.82) is 0 Å². The molecule has 2 aliphatic heterocycles. The Hall–Kier alpha value is -0.0301. The molecule has 0 aromatic rings. The average molecular weight is 296 g/mol. The van der Waals surface area contributed by atoms with E-state index >= 15 is 0 Å². The Balaban J connectivity index is 1.97. The predicted octanol–water partition coefficient (Wildman–Crippen LogP) is 3.56. The second kappa shape index (κ2) is 4.98. The molecular formula is C15H30B2O4. The van der Waals surface area contributed by atoms with Crippen LogP contribution >= 0.6 is 0 Å². The molecule has 0 spiro atoms. The standard InChI is InChI=1S/C15H30B2O4/c1-11(17-20-14(6,7)15(8,9)21-17)10-16-18-12(2,3)13(4,5)19-16/h11H,10H2,1-9H3/t11-/m0/s1. The van der Waals surface area contributed by atoms with E-state index in [1.807, 2.05) is 0 Å². The summed E-state index contributed by atoms with van der Waals surface area (Å²) in [4.78, 5) is 0. The molecule has 0 saturated carbocycles. The molecule has 0 aliphatic carbocycles. The topological polar surface area (TPSA) is 36.9 Å². The summed E-state index contributed by atoms with van der Waals surface area (Å²) in [5, 5.41) is 0. The van der Waals surface area contributed by atoms with Crippen LogP contribution in [-0.4, -0.2) is 36.6 Å². The van der Waals surface area contributed by atoms with Crippen LogP contribution in [0.15, 0.2) is 0 Å². The molecule has 2 rings (SSSR count). The fourth-order valence-electron chi connectivity index (χ4n) is 2.60.